The molecule has 4 nitrogen and oxygen atoms in total. The predicted octanol–water partition coefficient (Wildman–Crippen LogP) is 4.19. The first-order valence-corrected chi connectivity index (χ1v) is 11.3. The molecule has 0 bridgehead atoms. The zero-order chi connectivity index (χ0) is 18.7. The third-order valence-corrected chi connectivity index (χ3v) is 5.32. The first kappa shape index (κ1) is 18.5. The minimum Gasteiger partial charge on any atom is -0.485 e. The summed E-state index contributed by atoms with van der Waals surface area (Å²) >= 11 is 0. The van der Waals surface area contributed by atoms with E-state index in [1.807, 2.05) is 12.1 Å². The van der Waals surface area contributed by atoms with Crippen LogP contribution >= 0.6 is 10.0 Å². The molecule has 26 heavy (non-hydrogen) atoms. The molecular weight excluding hydrogens is 353 g/mol. The van der Waals surface area contributed by atoms with Crippen LogP contribution in [-0.2, 0) is 4.74 Å². The molecule has 0 saturated heterocycles. The van der Waals surface area contributed by atoms with E-state index in [0.717, 1.165) is 17.0 Å². The topological polar surface area (TPSA) is 47.9 Å². The number of rotatable bonds is 5. The van der Waals surface area contributed by atoms with Crippen LogP contribution in [-0.4, -0.2) is 49.4 Å². The van der Waals surface area contributed by atoms with Gasteiger partial charge in [-0.05, 0) is 48.6 Å². The van der Waals surface area contributed by atoms with Crippen molar-refractivity contribution >= 4 is 27.4 Å². The first-order chi connectivity index (χ1) is 12.3. The van der Waals surface area contributed by atoms with Crippen molar-refractivity contribution in [2.24, 2.45) is 4.99 Å². The molecule has 0 fully saturated rings. The van der Waals surface area contributed by atoms with Crippen molar-refractivity contribution in [3.8, 4) is 5.75 Å². The molecule has 0 amide bonds. The zero-order valence-electron chi connectivity index (χ0n) is 15.1. The van der Waals surface area contributed by atoms with Gasteiger partial charge in [-0.2, -0.15) is 0 Å². The number of hydrogen-bond donors (Lipinski definition) is 0. The van der Waals surface area contributed by atoms with Crippen LogP contribution in [0.5, 0.6) is 5.75 Å². The van der Waals surface area contributed by atoms with E-state index in [-0.39, 0.29) is 18.4 Å². The van der Waals surface area contributed by atoms with Gasteiger partial charge in [0.2, 0.25) is 0 Å². The predicted molar refractivity (Wildman–Crippen MR) is 105 cm³/mol. The van der Waals surface area contributed by atoms with Crippen molar-refractivity contribution < 1.29 is 18.7 Å². The molecule has 1 heterocycles. The Kier molecular flexibility index (Phi) is 5.32. The molecule has 0 aromatic heterocycles. The molecule has 0 atom stereocenters. The number of esters is 1. The lowest BCUT2D eigenvalue weighted by Crippen LogP contribution is -2.17. The second-order valence-electron chi connectivity index (χ2n) is 6.97. The monoisotopic (exact) mass is 375 g/mol. The number of aliphatic imine (C=N–C) groups is 1. The molecule has 6 heteroatoms. The van der Waals surface area contributed by atoms with E-state index < -0.39 is 10.0 Å². The normalized spacial score (nSPS) is 14.1. The van der Waals surface area contributed by atoms with Gasteiger partial charge in [0.15, 0.2) is 0 Å². The van der Waals surface area contributed by atoms with Gasteiger partial charge in [-0.1, -0.05) is 12.1 Å². The average molecular weight is 375 g/mol. The molecule has 2 aromatic rings. The molecule has 138 valence electrons. The Morgan fingerprint density at radius 2 is 1.92 bits per heavy atom. The molecule has 0 radical (unpaired) electrons. The highest BCUT2D eigenvalue weighted by molar-refractivity contribution is 8.32. The molecule has 0 saturated carbocycles. The van der Waals surface area contributed by atoms with E-state index >= 15 is 0 Å². The summed E-state index contributed by atoms with van der Waals surface area (Å²) in [6.45, 7) is 0.696. The fraction of sp³-hybridized carbons (Fsp3) is 0.300. The molecule has 0 unspecified atom stereocenters. The summed E-state index contributed by atoms with van der Waals surface area (Å²) in [6.07, 6.45) is 6.57. The number of benzene rings is 2. The maximum absolute atomic E-state index is 13.2. The van der Waals surface area contributed by atoms with E-state index in [0.29, 0.717) is 23.6 Å². The van der Waals surface area contributed by atoms with Crippen molar-refractivity contribution in [3.63, 3.8) is 0 Å². The van der Waals surface area contributed by atoms with E-state index in [1.54, 1.807) is 18.2 Å². The summed E-state index contributed by atoms with van der Waals surface area (Å²) in [5.41, 5.74) is 2.70. The van der Waals surface area contributed by atoms with Crippen molar-refractivity contribution in [3.05, 3.63) is 59.4 Å². The van der Waals surface area contributed by atoms with Crippen LogP contribution in [0.3, 0.4) is 0 Å². The van der Waals surface area contributed by atoms with Gasteiger partial charge in [0.1, 0.15) is 23.9 Å². The van der Waals surface area contributed by atoms with Crippen LogP contribution in [0.1, 0.15) is 15.9 Å². The van der Waals surface area contributed by atoms with Gasteiger partial charge >= 0.3 is 5.97 Å². The Hall–Kier alpha value is -2.34. The van der Waals surface area contributed by atoms with E-state index in [2.05, 4.69) is 23.8 Å². The average Bonchev–Trinajstić information content (AvgIpc) is 2.60. The Bertz CT molecular complexity index is 841. The third-order valence-electron chi connectivity index (χ3n) is 3.92. The second-order valence-corrected chi connectivity index (χ2v) is 11.6. The van der Waals surface area contributed by atoms with E-state index in [9.17, 15) is 9.18 Å². The molecule has 1 aliphatic heterocycles. The van der Waals surface area contributed by atoms with Gasteiger partial charge in [-0.25, -0.2) is 24.2 Å². The lowest BCUT2D eigenvalue weighted by molar-refractivity contribution is 0.0530. The van der Waals surface area contributed by atoms with Gasteiger partial charge in [0, 0.05) is 11.8 Å². The number of carbonyl (C=O) groups excluding carboxylic acids is 1. The maximum atomic E-state index is 13.2. The fourth-order valence-electron chi connectivity index (χ4n) is 2.43. The smallest absolute Gasteiger partial charge is 0.338 e. The van der Waals surface area contributed by atoms with Gasteiger partial charge < -0.3 is 9.47 Å². The summed E-state index contributed by atoms with van der Waals surface area (Å²) in [4.78, 5) is 16.6. The zero-order valence-corrected chi connectivity index (χ0v) is 15.9. The van der Waals surface area contributed by atoms with Crippen LogP contribution in [0, 0.1) is 5.82 Å². The van der Waals surface area contributed by atoms with Gasteiger partial charge in [-0.15, -0.1) is 0 Å². The Morgan fingerprint density at radius 3 is 2.62 bits per heavy atom. The molecular formula is C20H22FNO3S. The van der Waals surface area contributed by atoms with Crippen LogP contribution in [0.2, 0.25) is 0 Å². The van der Waals surface area contributed by atoms with E-state index in [1.165, 1.54) is 12.1 Å². The van der Waals surface area contributed by atoms with Gasteiger partial charge in [-0.3, -0.25) is 0 Å². The van der Waals surface area contributed by atoms with Crippen LogP contribution < -0.4 is 4.74 Å². The second kappa shape index (κ2) is 7.50. The summed E-state index contributed by atoms with van der Waals surface area (Å²) in [7, 11) is -0.681. The molecule has 0 spiro atoms. The summed E-state index contributed by atoms with van der Waals surface area (Å²) in [5.74, 6) is 0.668. The quantitative estimate of drug-likeness (QED) is 0.736. The van der Waals surface area contributed by atoms with Crippen LogP contribution in [0.4, 0.5) is 10.1 Å². The molecule has 0 N–H and O–H groups in total. The summed E-state index contributed by atoms with van der Waals surface area (Å²) in [6, 6.07) is 11.4. The highest BCUT2D eigenvalue weighted by Gasteiger charge is 2.16. The Morgan fingerprint density at radius 1 is 1.19 bits per heavy atom. The summed E-state index contributed by atoms with van der Waals surface area (Å²) < 4.78 is 24.1. The molecule has 3 rings (SSSR count). The SMILES string of the molecule is CS(C)(C)CCOC(=O)c1ccc(C2=Nc3ccc(F)cc3OC2)cc1. The van der Waals surface area contributed by atoms with Crippen molar-refractivity contribution in [2.75, 3.05) is 37.7 Å². The number of carbonyl (C=O) groups is 1. The van der Waals surface area contributed by atoms with Crippen LogP contribution in [0.15, 0.2) is 47.5 Å². The lowest BCUT2D eigenvalue weighted by Gasteiger charge is -2.24. The van der Waals surface area contributed by atoms with Crippen molar-refractivity contribution in [2.45, 2.75) is 0 Å². The fourth-order valence-corrected chi connectivity index (χ4v) is 3.02. The van der Waals surface area contributed by atoms with Crippen molar-refractivity contribution in [1.29, 1.82) is 0 Å². The molecule has 2 aromatic carbocycles. The first-order valence-electron chi connectivity index (χ1n) is 8.25. The standard InChI is InChI=1S/C20H22FNO3S/c1-26(2,3)11-10-24-20(23)15-6-4-14(5-7-15)18-13-25-19-12-16(21)8-9-17(19)22-18/h4-9,12H,10-11,13H2,1-3H3. The largest absolute Gasteiger partial charge is 0.485 e. The highest BCUT2D eigenvalue weighted by atomic mass is 32.3. The highest BCUT2D eigenvalue weighted by Crippen LogP contribution is 2.34. The number of halogens is 1. The van der Waals surface area contributed by atoms with Gasteiger partial charge in [0.05, 0.1) is 17.9 Å². The van der Waals surface area contributed by atoms with Gasteiger partial charge in [0.25, 0.3) is 0 Å². The molecule has 0 aliphatic carbocycles. The van der Waals surface area contributed by atoms with Crippen LogP contribution in [0.25, 0.3) is 0 Å². The Balaban J connectivity index is 1.68. The summed E-state index contributed by atoms with van der Waals surface area (Å²) in [5, 5.41) is 0. The van der Waals surface area contributed by atoms with E-state index in [4.69, 9.17) is 9.47 Å². The number of fused-ring (bicyclic) bond motifs is 1. The number of nitrogens with zero attached hydrogens (tertiary/aromatic N) is 1. The number of ether oxygens (including phenoxy) is 2. The maximum Gasteiger partial charge on any atom is 0.338 e. The molecule has 1 aliphatic rings. The third kappa shape index (κ3) is 4.64. The Labute approximate surface area is 154 Å². The minimum atomic E-state index is -0.681. The lowest BCUT2D eigenvalue weighted by atomic mass is 10.1. The number of hydrogen-bond acceptors (Lipinski definition) is 4. The minimum absolute atomic E-state index is 0.259. The van der Waals surface area contributed by atoms with Crippen molar-refractivity contribution in [1.82, 2.24) is 0 Å².